The average molecular weight is 344 g/mol. The SMILES string of the molecule is O=C(O)CCc1ccc(OCCC2CCCC3(CCCCC3)C2)cc1. The van der Waals surface area contributed by atoms with Crippen LogP contribution in [0, 0.1) is 11.3 Å². The van der Waals surface area contributed by atoms with E-state index in [1.807, 2.05) is 24.3 Å². The molecular weight excluding hydrogens is 312 g/mol. The summed E-state index contributed by atoms with van der Waals surface area (Å²) in [4.78, 5) is 10.6. The van der Waals surface area contributed by atoms with Gasteiger partial charge in [-0.1, -0.05) is 44.2 Å². The van der Waals surface area contributed by atoms with Gasteiger partial charge in [-0.3, -0.25) is 4.79 Å². The zero-order valence-electron chi connectivity index (χ0n) is 15.3. The van der Waals surface area contributed by atoms with Crippen molar-refractivity contribution in [3.63, 3.8) is 0 Å². The van der Waals surface area contributed by atoms with Crippen LogP contribution in [0.3, 0.4) is 0 Å². The van der Waals surface area contributed by atoms with Crippen molar-refractivity contribution < 1.29 is 14.6 Å². The fourth-order valence-corrected chi connectivity index (χ4v) is 4.93. The van der Waals surface area contributed by atoms with Crippen molar-refractivity contribution in [2.45, 2.75) is 77.0 Å². The molecule has 3 rings (SSSR count). The Morgan fingerprint density at radius 3 is 2.52 bits per heavy atom. The maximum atomic E-state index is 10.6. The summed E-state index contributed by atoms with van der Waals surface area (Å²) in [5.74, 6) is 0.993. The Morgan fingerprint density at radius 1 is 1.08 bits per heavy atom. The van der Waals surface area contributed by atoms with Crippen LogP contribution in [-0.2, 0) is 11.2 Å². The minimum absolute atomic E-state index is 0.184. The van der Waals surface area contributed by atoms with Crippen molar-refractivity contribution in [1.29, 1.82) is 0 Å². The summed E-state index contributed by atoms with van der Waals surface area (Å²) in [6.07, 6.45) is 14.8. The first kappa shape index (κ1) is 18.3. The van der Waals surface area contributed by atoms with Gasteiger partial charge in [-0.25, -0.2) is 0 Å². The number of aliphatic carboxylic acids is 1. The molecule has 2 aliphatic carbocycles. The van der Waals surface area contributed by atoms with Gasteiger partial charge >= 0.3 is 5.97 Å². The number of hydrogen-bond donors (Lipinski definition) is 1. The molecule has 25 heavy (non-hydrogen) atoms. The van der Waals surface area contributed by atoms with Crippen molar-refractivity contribution in [3.05, 3.63) is 29.8 Å². The molecule has 2 saturated carbocycles. The Morgan fingerprint density at radius 2 is 1.80 bits per heavy atom. The third kappa shape index (κ3) is 5.49. The van der Waals surface area contributed by atoms with E-state index in [4.69, 9.17) is 9.84 Å². The van der Waals surface area contributed by atoms with Gasteiger partial charge in [0.1, 0.15) is 5.75 Å². The molecular formula is C22H32O3. The van der Waals surface area contributed by atoms with Crippen LogP contribution in [0.5, 0.6) is 5.75 Å². The van der Waals surface area contributed by atoms with E-state index >= 15 is 0 Å². The lowest BCUT2D eigenvalue weighted by Gasteiger charge is -2.44. The summed E-state index contributed by atoms with van der Waals surface area (Å²) >= 11 is 0. The minimum atomic E-state index is -0.747. The Labute approximate surface area is 151 Å². The molecule has 1 atom stereocenters. The Kier molecular flexibility index (Phi) is 6.39. The molecule has 2 fully saturated rings. The number of carboxylic acids is 1. The fraction of sp³-hybridized carbons (Fsp3) is 0.682. The van der Waals surface area contributed by atoms with E-state index < -0.39 is 5.97 Å². The lowest BCUT2D eigenvalue weighted by Crippen LogP contribution is -2.31. The van der Waals surface area contributed by atoms with Crippen molar-refractivity contribution >= 4 is 5.97 Å². The number of hydrogen-bond acceptors (Lipinski definition) is 2. The lowest BCUT2D eigenvalue weighted by molar-refractivity contribution is -0.136. The van der Waals surface area contributed by atoms with E-state index in [1.165, 1.54) is 64.2 Å². The van der Waals surface area contributed by atoms with E-state index in [9.17, 15) is 4.79 Å². The number of aryl methyl sites for hydroxylation is 1. The van der Waals surface area contributed by atoms with E-state index in [-0.39, 0.29) is 6.42 Å². The van der Waals surface area contributed by atoms with Gasteiger partial charge in [0.2, 0.25) is 0 Å². The molecule has 1 aromatic carbocycles. The van der Waals surface area contributed by atoms with Gasteiger partial charge < -0.3 is 9.84 Å². The van der Waals surface area contributed by atoms with Crippen molar-refractivity contribution in [1.82, 2.24) is 0 Å². The van der Waals surface area contributed by atoms with E-state index in [1.54, 1.807) is 0 Å². The number of ether oxygens (including phenoxy) is 1. The quantitative estimate of drug-likeness (QED) is 0.699. The molecule has 0 amide bonds. The molecule has 0 heterocycles. The van der Waals surface area contributed by atoms with Crippen molar-refractivity contribution in [3.8, 4) is 5.75 Å². The van der Waals surface area contributed by atoms with Gasteiger partial charge in [0.15, 0.2) is 0 Å². The maximum absolute atomic E-state index is 10.6. The molecule has 1 aromatic rings. The average Bonchev–Trinajstić information content (AvgIpc) is 2.62. The van der Waals surface area contributed by atoms with Crippen LogP contribution in [0.2, 0.25) is 0 Å². The van der Waals surface area contributed by atoms with Gasteiger partial charge in [0, 0.05) is 6.42 Å². The first-order chi connectivity index (χ1) is 12.2. The van der Waals surface area contributed by atoms with Crippen molar-refractivity contribution in [2.24, 2.45) is 11.3 Å². The van der Waals surface area contributed by atoms with Crippen LogP contribution in [0.1, 0.15) is 76.2 Å². The second kappa shape index (κ2) is 8.73. The molecule has 2 aliphatic rings. The number of carbonyl (C=O) groups is 1. The van der Waals surface area contributed by atoms with Crippen LogP contribution >= 0.6 is 0 Å². The first-order valence-corrected chi connectivity index (χ1v) is 10.1. The Hall–Kier alpha value is -1.51. The molecule has 138 valence electrons. The van der Waals surface area contributed by atoms with Gasteiger partial charge in [-0.05, 0) is 67.6 Å². The minimum Gasteiger partial charge on any atom is -0.494 e. The van der Waals surface area contributed by atoms with E-state index in [2.05, 4.69) is 0 Å². The fourth-order valence-electron chi connectivity index (χ4n) is 4.93. The smallest absolute Gasteiger partial charge is 0.303 e. The topological polar surface area (TPSA) is 46.5 Å². The highest BCUT2D eigenvalue weighted by atomic mass is 16.5. The van der Waals surface area contributed by atoms with E-state index in [0.29, 0.717) is 11.8 Å². The van der Waals surface area contributed by atoms with E-state index in [0.717, 1.165) is 23.8 Å². The molecule has 3 heteroatoms. The molecule has 0 radical (unpaired) electrons. The molecule has 1 N–H and O–H groups in total. The summed E-state index contributed by atoms with van der Waals surface area (Å²) in [6, 6.07) is 7.91. The standard InChI is InChI=1S/C22H32O3/c23-21(24)11-8-18-6-9-20(10-7-18)25-16-12-19-5-4-15-22(17-19)13-2-1-3-14-22/h6-7,9-10,19H,1-5,8,11-17H2,(H,23,24). The summed E-state index contributed by atoms with van der Waals surface area (Å²) in [5.41, 5.74) is 1.73. The molecule has 0 aliphatic heterocycles. The third-order valence-corrected chi connectivity index (χ3v) is 6.30. The molecule has 0 aromatic heterocycles. The molecule has 0 saturated heterocycles. The largest absolute Gasteiger partial charge is 0.494 e. The summed E-state index contributed by atoms with van der Waals surface area (Å²) in [5, 5.41) is 8.74. The number of benzene rings is 1. The van der Waals surface area contributed by atoms with Gasteiger partial charge in [0.25, 0.3) is 0 Å². The van der Waals surface area contributed by atoms with Crippen LogP contribution in [-0.4, -0.2) is 17.7 Å². The van der Waals surface area contributed by atoms with Gasteiger partial charge in [-0.2, -0.15) is 0 Å². The monoisotopic (exact) mass is 344 g/mol. The highest BCUT2D eigenvalue weighted by Crippen LogP contribution is 2.49. The van der Waals surface area contributed by atoms with Crippen LogP contribution in [0.4, 0.5) is 0 Å². The zero-order valence-corrected chi connectivity index (χ0v) is 15.3. The Bertz CT molecular complexity index is 537. The molecule has 1 unspecified atom stereocenters. The second-order valence-corrected chi connectivity index (χ2v) is 8.20. The predicted octanol–water partition coefficient (Wildman–Crippen LogP) is 5.61. The van der Waals surface area contributed by atoms with Crippen LogP contribution in [0.15, 0.2) is 24.3 Å². The lowest BCUT2D eigenvalue weighted by atomic mass is 9.62. The summed E-state index contributed by atoms with van der Waals surface area (Å²) in [7, 11) is 0. The zero-order chi connectivity index (χ0) is 17.5. The first-order valence-electron chi connectivity index (χ1n) is 10.1. The molecule has 3 nitrogen and oxygen atoms in total. The third-order valence-electron chi connectivity index (χ3n) is 6.30. The highest BCUT2D eigenvalue weighted by Gasteiger charge is 2.36. The number of rotatable bonds is 7. The molecule has 1 spiro atoms. The van der Waals surface area contributed by atoms with Gasteiger partial charge in [0.05, 0.1) is 6.61 Å². The summed E-state index contributed by atoms with van der Waals surface area (Å²) < 4.78 is 5.95. The normalized spacial score (nSPS) is 22.6. The van der Waals surface area contributed by atoms with Gasteiger partial charge in [-0.15, -0.1) is 0 Å². The summed E-state index contributed by atoms with van der Waals surface area (Å²) in [6.45, 7) is 0.801. The van der Waals surface area contributed by atoms with Crippen LogP contribution in [0.25, 0.3) is 0 Å². The maximum Gasteiger partial charge on any atom is 0.303 e. The predicted molar refractivity (Wildman–Crippen MR) is 100.0 cm³/mol. The second-order valence-electron chi connectivity index (χ2n) is 8.20. The number of carboxylic acid groups (broad SMARTS) is 1. The van der Waals surface area contributed by atoms with Crippen molar-refractivity contribution in [2.75, 3.05) is 6.61 Å². The molecule has 0 bridgehead atoms. The highest BCUT2D eigenvalue weighted by molar-refractivity contribution is 5.67. The van der Waals surface area contributed by atoms with Crippen LogP contribution < -0.4 is 4.74 Å². The Balaban J connectivity index is 1.41.